The van der Waals surface area contributed by atoms with Gasteiger partial charge in [-0.15, -0.1) is 0 Å². The second-order valence-corrected chi connectivity index (χ2v) is 19.5. The Hall–Kier alpha value is -2.19. The van der Waals surface area contributed by atoms with Crippen molar-refractivity contribution in [2.24, 2.45) is 0 Å². The van der Waals surface area contributed by atoms with Crippen LogP contribution in [0.1, 0.15) is 258 Å². The third-order valence-electron chi connectivity index (χ3n) is 12.3. The Morgan fingerprint density at radius 3 is 1.14 bits per heavy atom. The van der Waals surface area contributed by atoms with Crippen molar-refractivity contribution in [2.45, 2.75) is 270 Å². The van der Waals surface area contributed by atoms with Crippen LogP contribution < -0.4 is 0 Å². The molecule has 0 aromatic heterocycles. The molecule has 0 rings (SSSR count). The van der Waals surface area contributed by atoms with Crippen molar-refractivity contribution in [3.8, 4) is 0 Å². The summed E-state index contributed by atoms with van der Waals surface area (Å²) in [5.41, 5.74) is 0. The third-order valence-corrected chi connectivity index (χ3v) is 12.3. The predicted molar refractivity (Wildman–Crippen MR) is 266 cm³/mol. The molecule has 1 N–H and O–H groups in total. The quantitative estimate of drug-likeness (QED) is 0.0281. The minimum Gasteiger partial charge on any atom is -0.477 e. The number of hydrogen-bond acceptors (Lipinski definition) is 6. The molecule has 0 radical (unpaired) electrons. The number of allylic oxidation sites excluding steroid dienone is 4. The molecule has 0 spiro atoms. The van der Waals surface area contributed by atoms with Gasteiger partial charge in [0.05, 0.1) is 34.4 Å². The van der Waals surface area contributed by atoms with Gasteiger partial charge in [0.25, 0.3) is 0 Å². The van der Waals surface area contributed by atoms with E-state index in [1.807, 2.05) is 21.1 Å². The minimum atomic E-state index is -0.873. The number of nitrogens with zero attached hydrogens (tertiary/aromatic N) is 1. The fourth-order valence-corrected chi connectivity index (χ4v) is 8.14. The molecule has 8 nitrogen and oxygen atoms in total. The summed E-state index contributed by atoms with van der Waals surface area (Å²) in [5, 5.41) is 9.66. The monoisotopic (exact) mass is 891 g/mol. The lowest BCUT2D eigenvalue weighted by molar-refractivity contribution is -0.887. The molecular weight excluding hydrogens is 787 g/mol. The van der Waals surface area contributed by atoms with E-state index in [2.05, 4.69) is 38.2 Å². The molecule has 0 saturated carbocycles. The van der Waals surface area contributed by atoms with E-state index >= 15 is 0 Å². The zero-order chi connectivity index (χ0) is 46.3. The number of carboxylic acids is 1. The Labute approximate surface area is 390 Å². The topological polar surface area (TPSA) is 99.1 Å². The molecule has 0 bridgehead atoms. The van der Waals surface area contributed by atoms with Crippen LogP contribution in [0.3, 0.4) is 0 Å². The van der Waals surface area contributed by atoms with E-state index in [-0.39, 0.29) is 36.2 Å². The Morgan fingerprint density at radius 2 is 0.794 bits per heavy atom. The number of aliphatic carboxylic acids is 1. The highest BCUT2D eigenvalue weighted by Gasteiger charge is 2.31. The van der Waals surface area contributed by atoms with Gasteiger partial charge in [0.2, 0.25) is 0 Å². The molecule has 0 aromatic rings. The van der Waals surface area contributed by atoms with E-state index in [1.54, 1.807) is 0 Å². The van der Waals surface area contributed by atoms with Gasteiger partial charge < -0.3 is 23.8 Å². The smallest absolute Gasteiger partial charge is 0.362 e. The van der Waals surface area contributed by atoms with Crippen LogP contribution in [-0.2, 0) is 28.6 Å². The average Bonchev–Trinajstić information content (AvgIpc) is 3.24. The number of unbranched alkanes of at least 4 members (excludes halogenated alkanes) is 31. The number of rotatable bonds is 49. The Morgan fingerprint density at radius 1 is 0.460 bits per heavy atom. The SMILES string of the molecule is CCCCCCCCCC/C=C/CCCCCCCCCC(=O)OCC(COCCC(C(=O)O)[N+](C)(C)C)OC(=O)CCCCCCCCC/C=C/CCCCCCCCCCC. The number of carbonyl (C=O) groups is 3. The van der Waals surface area contributed by atoms with Gasteiger partial charge in [-0.05, 0) is 64.2 Å². The Balaban J connectivity index is 4.22. The summed E-state index contributed by atoms with van der Waals surface area (Å²) in [6.07, 6.45) is 53.7. The van der Waals surface area contributed by atoms with Crippen LogP contribution >= 0.6 is 0 Å². The van der Waals surface area contributed by atoms with Crippen LogP contribution in [0.2, 0.25) is 0 Å². The average molecular weight is 891 g/mol. The molecule has 0 aromatic carbocycles. The maximum atomic E-state index is 12.8. The first-order chi connectivity index (χ1) is 30.6. The summed E-state index contributed by atoms with van der Waals surface area (Å²) in [7, 11) is 5.54. The summed E-state index contributed by atoms with van der Waals surface area (Å²) in [4.78, 5) is 37.2. The van der Waals surface area contributed by atoms with Gasteiger partial charge in [-0.2, -0.15) is 0 Å². The molecular formula is C55H104NO7+. The zero-order valence-electron chi connectivity index (χ0n) is 42.3. The number of carbonyl (C=O) groups excluding carboxylic acids is 2. The van der Waals surface area contributed by atoms with Gasteiger partial charge in [0.15, 0.2) is 12.1 Å². The van der Waals surface area contributed by atoms with Crippen LogP contribution in [0.4, 0.5) is 0 Å². The number of carboxylic acid groups (broad SMARTS) is 1. The van der Waals surface area contributed by atoms with E-state index in [0.29, 0.717) is 19.3 Å². The maximum Gasteiger partial charge on any atom is 0.362 e. The van der Waals surface area contributed by atoms with E-state index < -0.39 is 18.1 Å². The first-order valence-electron chi connectivity index (χ1n) is 26.9. The van der Waals surface area contributed by atoms with Crippen LogP contribution in [0.15, 0.2) is 24.3 Å². The van der Waals surface area contributed by atoms with E-state index in [0.717, 1.165) is 38.5 Å². The van der Waals surface area contributed by atoms with Crippen molar-refractivity contribution in [1.82, 2.24) is 0 Å². The van der Waals surface area contributed by atoms with Crippen LogP contribution in [0.25, 0.3) is 0 Å². The predicted octanol–water partition coefficient (Wildman–Crippen LogP) is 15.6. The van der Waals surface area contributed by atoms with Crippen molar-refractivity contribution in [2.75, 3.05) is 41.0 Å². The number of esters is 2. The number of ether oxygens (including phenoxy) is 3. The zero-order valence-corrected chi connectivity index (χ0v) is 42.3. The molecule has 0 heterocycles. The fourth-order valence-electron chi connectivity index (χ4n) is 8.14. The summed E-state index contributed by atoms with van der Waals surface area (Å²) in [5.74, 6) is -1.46. The standard InChI is InChI=1S/C55H103NO7/c1-6-8-10-12-14-16-18-20-22-24-26-28-30-32-34-36-38-40-42-44-46-54(58)63-51(49-61-48-47-52(55(59)60)56(3,4)5)50-62-53(57)45-43-41-39-37-35-33-31-29-27-25-23-21-19-17-15-13-11-9-7-2/h25-28,51-52H,6-24,29-50H2,1-5H3/p+1/b27-25+,28-26+. The lowest BCUT2D eigenvalue weighted by Gasteiger charge is -2.31. The van der Waals surface area contributed by atoms with Gasteiger partial charge >= 0.3 is 17.9 Å². The summed E-state index contributed by atoms with van der Waals surface area (Å²) >= 11 is 0. The van der Waals surface area contributed by atoms with Crippen LogP contribution in [0, 0.1) is 0 Å². The molecule has 0 fully saturated rings. The van der Waals surface area contributed by atoms with Gasteiger partial charge in [0.1, 0.15) is 6.61 Å². The molecule has 0 aliphatic heterocycles. The second-order valence-electron chi connectivity index (χ2n) is 19.5. The molecule has 0 amide bonds. The van der Waals surface area contributed by atoms with E-state index in [9.17, 15) is 19.5 Å². The molecule has 8 heteroatoms. The van der Waals surface area contributed by atoms with Crippen LogP contribution in [-0.4, -0.2) is 80.6 Å². The largest absolute Gasteiger partial charge is 0.477 e. The highest BCUT2D eigenvalue weighted by molar-refractivity contribution is 5.72. The molecule has 2 atom stereocenters. The molecule has 0 aliphatic rings. The summed E-state index contributed by atoms with van der Waals surface area (Å²) in [6, 6.07) is -0.615. The maximum absolute atomic E-state index is 12.8. The lowest BCUT2D eigenvalue weighted by atomic mass is 10.1. The van der Waals surface area contributed by atoms with Crippen molar-refractivity contribution in [3.05, 3.63) is 24.3 Å². The van der Waals surface area contributed by atoms with Gasteiger partial charge in [0, 0.05) is 19.3 Å². The molecule has 370 valence electrons. The lowest BCUT2D eigenvalue weighted by Crippen LogP contribution is -2.50. The number of hydrogen-bond donors (Lipinski definition) is 1. The molecule has 63 heavy (non-hydrogen) atoms. The highest BCUT2D eigenvalue weighted by atomic mass is 16.6. The van der Waals surface area contributed by atoms with Crippen molar-refractivity contribution in [3.63, 3.8) is 0 Å². The summed E-state index contributed by atoms with van der Waals surface area (Å²) in [6.45, 7) is 4.77. The second kappa shape index (κ2) is 46.3. The van der Waals surface area contributed by atoms with Crippen molar-refractivity contribution < 1.29 is 38.2 Å². The fraction of sp³-hybridized carbons (Fsp3) is 0.873. The van der Waals surface area contributed by atoms with E-state index in [1.165, 1.54) is 186 Å². The van der Waals surface area contributed by atoms with Crippen LogP contribution in [0.5, 0.6) is 0 Å². The molecule has 0 saturated heterocycles. The normalized spacial score (nSPS) is 13.0. The number of likely N-dealkylation sites (N-methyl/N-ethyl adjacent to an activating group) is 1. The number of quaternary nitrogens is 1. The summed E-state index contributed by atoms with van der Waals surface area (Å²) < 4.78 is 17.4. The van der Waals surface area contributed by atoms with Crippen molar-refractivity contribution >= 4 is 17.9 Å². The molecule has 0 aliphatic carbocycles. The van der Waals surface area contributed by atoms with Gasteiger partial charge in [-0.25, -0.2) is 4.79 Å². The van der Waals surface area contributed by atoms with Crippen molar-refractivity contribution in [1.29, 1.82) is 0 Å². The third kappa shape index (κ3) is 44.8. The molecule has 2 unspecified atom stereocenters. The Kier molecular flexibility index (Phi) is 44.7. The first-order valence-corrected chi connectivity index (χ1v) is 26.9. The van der Waals surface area contributed by atoms with E-state index in [4.69, 9.17) is 14.2 Å². The first kappa shape index (κ1) is 60.8. The van der Waals surface area contributed by atoms with Gasteiger partial charge in [-0.1, -0.05) is 199 Å². The van der Waals surface area contributed by atoms with Gasteiger partial charge in [-0.3, -0.25) is 9.59 Å². The Bertz CT molecular complexity index is 1080. The highest BCUT2D eigenvalue weighted by Crippen LogP contribution is 2.16. The minimum absolute atomic E-state index is 0.0513.